The van der Waals surface area contributed by atoms with Gasteiger partial charge in [-0.2, -0.15) is 0 Å². The first kappa shape index (κ1) is 13.9. The van der Waals surface area contributed by atoms with Crippen LogP contribution in [0, 0.1) is 21.3 Å². The smallest absolute Gasteiger partial charge is 0.312 e. The molecule has 1 aromatic rings. The normalized spacial score (nSPS) is 20.8. The summed E-state index contributed by atoms with van der Waals surface area (Å²) in [5.74, 6) is -0.780. The molecule has 1 fully saturated rings. The lowest BCUT2D eigenvalue weighted by Crippen LogP contribution is -2.53. The fourth-order valence-corrected chi connectivity index (χ4v) is 2.16. The van der Waals surface area contributed by atoms with Gasteiger partial charge < -0.3 is 4.74 Å². The third-order valence-electron chi connectivity index (χ3n) is 3.36. The van der Waals surface area contributed by atoms with Crippen LogP contribution in [-0.4, -0.2) is 16.8 Å². The number of Topliss-reactive ketones (excluding diaryl/α,β-unsaturated/α-hetero) is 1. The van der Waals surface area contributed by atoms with E-state index in [-0.39, 0.29) is 28.1 Å². The van der Waals surface area contributed by atoms with Gasteiger partial charge in [0.2, 0.25) is 0 Å². The van der Waals surface area contributed by atoms with Gasteiger partial charge in [-0.15, -0.1) is 0 Å². The van der Waals surface area contributed by atoms with Crippen LogP contribution in [-0.2, 0) is 4.79 Å². The van der Waals surface area contributed by atoms with Gasteiger partial charge in [0.25, 0.3) is 0 Å². The average molecular weight is 332 g/mol. The number of nitro groups is 1. The van der Waals surface area contributed by atoms with Crippen molar-refractivity contribution in [1.29, 1.82) is 0 Å². The SMILES string of the molecule is CC1(C)C(=O)CC1Oc1cc(F)c(Br)cc1[N+](=O)[O-]. The maximum atomic E-state index is 13.4. The molecule has 0 heterocycles. The van der Waals surface area contributed by atoms with E-state index in [0.29, 0.717) is 0 Å². The average Bonchev–Trinajstić information content (AvgIpc) is 2.32. The maximum Gasteiger partial charge on any atom is 0.312 e. The van der Waals surface area contributed by atoms with Gasteiger partial charge in [-0.3, -0.25) is 14.9 Å². The number of carbonyl (C=O) groups is 1. The van der Waals surface area contributed by atoms with Crippen molar-refractivity contribution in [3.05, 3.63) is 32.5 Å². The van der Waals surface area contributed by atoms with Crippen molar-refractivity contribution in [3.63, 3.8) is 0 Å². The zero-order valence-corrected chi connectivity index (χ0v) is 11.9. The second kappa shape index (κ2) is 4.56. The summed E-state index contributed by atoms with van der Waals surface area (Å²) in [5, 5.41) is 10.9. The van der Waals surface area contributed by atoms with E-state index >= 15 is 0 Å². The number of hydrogen-bond acceptors (Lipinski definition) is 4. The number of nitro benzene ring substituents is 1. The molecule has 1 atom stereocenters. The van der Waals surface area contributed by atoms with Gasteiger partial charge in [-0.05, 0) is 29.8 Å². The summed E-state index contributed by atoms with van der Waals surface area (Å²) in [7, 11) is 0. The second-order valence-corrected chi connectivity index (χ2v) is 5.80. The monoisotopic (exact) mass is 331 g/mol. The molecule has 0 aromatic heterocycles. The third kappa shape index (κ3) is 2.34. The van der Waals surface area contributed by atoms with Gasteiger partial charge in [0, 0.05) is 18.6 Å². The molecule has 0 aliphatic heterocycles. The largest absolute Gasteiger partial charge is 0.482 e. The predicted octanol–water partition coefficient (Wildman–Crippen LogP) is 3.24. The lowest BCUT2D eigenvalue weighted by atomic mass is 9.68. The Kier molecular flexibility index (Phi) is 3.34. The Morgan fingerprint density at radius 3 is 2.63 bits per heavy atom. The Morgan fingerprint density at radius 2 is 2.16 bits per heavy atom. The molecule has 0 radical (unpaired) electrons. The number of carbonyl (C=O) groups excluding carboxylic acids is 1. The molecule has 0 amide bonds. The Hall–Kier alpha value is -1.50. The van der Waals surface area contributed by atoms with Crippen LogP contribution in [0.2, 0.25) is 0 Å². The van der Waals surface area contributed by atoms with Crippen LogP contribution in [0.25, 0.3) is 0 Å². The first-order valence-electron chi connectivity index (χ1n) is 5.57. The summed E-state index contributed by atoms with van der Waals surface area (Å²) < 4.78 is 18.9. The van der Waals surface area contributed by atoms with Gasteiger partial charge >= 0.3 is 5.69 Å². The van der Waals surface area contributed by atoms with E-state index in [2.05, 4.69) is 15.9 Å². The third-order valence-corrected chi connectivity index (χ3v) is 3.97. The standard InChI is InChI=1S/C12H11BrFNO4/c1-12(2)10(16)5-11(12)19-9-4-7(14)6(13)3-8(9)15(17)18/h3-4,11H,5H2,1-2H3. The molecule has 0 bridgehead atoms. The maximum absolute atomic E-state index is 13.4. The van der Waals surface area contributed by atoms with Crippen molar-refractivity contribution in [2.24, 2.45) is 5.41 Å². The van der Waals surface area contributed by atoms with Gasteiger partial charge in [0.1, 0.15) is 17.7 Å². The van der Waals surface area contributed by atoms with Gasteiger partial charge in [-0.25, -0.2) is 4.39 Å². The highest BCUT2D eigenvalue weighted by atomic mass is 79.9. The molecule has 0 N–H and O–H groups in total. The number of hydrogen-bond donors (Lipinski definition) is 0. The van der Waals surface area contributed by atoms with E-state index in [9.17, 15) is 19.3 Å². The Bertz CT molecular complexity index is 573. The Morgan fingerprint density at radius 1 is 1.53 bits per heavy atom. The van der Waals surface area contributed by atoms with Crippen LogP contribution in [0.3, 0.4) is 0 Å². The predicted molar refractivity (Wildman–Crippen MR) is 68.6 cm³/mol. The fraction of sp³-hybridized carbons (Fsp3) is 0.417. The van der Waals surface area contributed by atoms with E-state index in [4.69, 9.17) is 4.74 Å². The highest BCUT2D eigenvalue weighted by molar-refractivity contribution is 9.10. The molecule has 5 nitrogen and oxygen atoms in total. The Labute approximate surface area is 117 Å². The molecular weight excluding hydrogens is 321 g/mol. The minimum Gasteiger partial charge on any atom is -0.482 e. The molecule has 1 unspecified atom stereocenters. The summed E-state index contributed by atoms with van der Waals surface area (Å²) in [6.45, 7) is 3.40. The number of ketones is 1. The molecular formula is C12H11BrFNO4. The number of nitrogens with zero attached hydrogens (tertiary/aromatic N) is 1. The summed E-state index contributed by atoms with van der Waals surface area (Å²) in [6.07, 6.45) is -0.291. The number of benzene rings is 1. The first-order chi connectivity index (χ1) is 8.73. The van der Waals surface area contributed by atoms with Gasteiger partial charge in [0.15, 0.2) is 5.75 Å². The molecule has 2 rings (SSSR count). The van der Waals surface area contributed by atoms with E-state index in [1.807, 2.05) is 0 Å². The minimum atomic E-state index is -0.697. The zero-order valence-electron chi connectivity index (χ0n) is 10.3. The van der Waals surface area contributed by atoms with Crippen LogP contribution in [0.1, 0.15) is 20.3 Å². The van der Waals surface area contributed by atoms with Crippen LogP contribution in [0.5, 0.6) is 5.75 Å². The van der Waals surface area contributed by atoms with E-state index in [1.165, 1.54) is 0 Å². The molecule has 19 heavy (non-hydrogen) atoms. The van der Waals surface area contributed by atoms with Crippen LogP contribution >= 0.6 is 15.9 Å². The first-order valence-corrected chi connectivity index (χ1v) is 6.36. The number of rotatable bonds is 3. The fourth-order valence-electron chi connectivity index (χ4n) is 1.83. The highest BCUT2D eigenvalue weighted by Gasteiger charge is 2.49. The van der Waals surface area contributed by atoms with Crippen molar-refractivity contribution < 1.29 is 18.8 Å². The topological polar surface area (TPSA) is 69.4 Å². The lowest BCUT2D eigenvalue weighted by Gasteiger charge is -2.41. The van der Waals surface area contributed by atoms with E-state index in [0.717, 1.165) is 12.1 Å². The van der Waals surface area contributed by atoms with Gasteiger partial charge in [0.05, 0.1) is 14.8 Å². The van der Waals surface area contributed by atoms with E-state index < -0.39 is 22.3 Å². The zero-order chi connectivity index (χ0) is 14.4. The number of halogens is 2. The quantitative estimate of drug-likeness (QED) is 0.629. The van der Waals surface area contributed by atoms with Crippen molar-refractivity contribution in [2.75, 3.05) is 0 Å². The molecule has 1 aliphatic rings. The molecule has 0 saturated heterocycles. The van der Waals surface area contributed by atoms with Crippen LogP contribution in [0.4, 0.5) is 10.1 Å². The summed E-state index contributed by atoms with van der Waals surface area (Å²) >= 11 is 2.89. The lowest BCUT2D eigenvalue weighted by molar-refractivity contribution is -0.386. The van der Waals surface area contributed by atoms with Gasteiger partial charge in [-0.1, -0.05) is 0 Å². The van der Waals surface area contributed by atoms with Crippen LogP contribution in [0.15, 0.2) is 16.6 Å². The molecule has 0 spiro atoms. The van der Waals surface area contributed by atoms with Crippen molar-refractivity contribution in [1.82, 2.24) is 0 Å². The second-order valence-electron chi connectivity index (χ2n) is 4.95. The van der Waals surface area contributed by atoms with Crippen molar-refractivity contribution in [2.45, 2.75) is 26.4 Å². The summed E-state index contributed by atoms with van der Waals surface area (Å²) in [5.41, 5.74) is -1.03. The van der Waals surface area contributed by atoms with Crippen molar-refractivity contribution in [3.8, 4) is 5.75 Å². The molecule has 102 valence electrons. The van der Waals surface area contributed by atoms with Crippen molar-refractivity contribution >= 4 is 27.4 Å². The van der Waals surface area contributed by atoms with Crippen LogP contribution < -0.4 is 4.74 Å². The number of ether oxygens (including phenoxy) is 1. The molecule has 7 heteroatoms. The molecule has 1 aromatic carbocycles. The molecule has 1 aliphatic carbocycles. The van der Waals surface area contributed by atoms with E-state index in [1.54, 1.807) is 13.8 Å². The molecule has 1 saturated carbocycles. The minimum absolute atomic E-state index is 0.00417. The highest BCUT2D eigenvalue weighted by Crippen LogP contribution is 2.42. The summed E-state index contributed by atoms with van der Waals surface area (Å²) in [4.78, 5) is 21.7. The summed E-state index contributed by atoms with van der Waals surface area (Å²) in [6, 6.07) is 2.01. The Balaban J connectivity index is 2.33.